The minimum absolute atomic E-state index is 0.136. The SMILES string of the molecule is COc1cc(Nc2nc(-c3ccc4cn[nH]c4c3)cn3ccnc23)ccc1C(=O)NCCO. The summed E-state index contributed by atoms with van der Waals surface area (Å²) in [5, 5.41) is 22.9. The van der Waals surface area contributed by atoms with Gasteiger partial charge in [0, 0.05) is 47.8 Å². The number of aromatic amines is 1. The van der Waals surface area contributed by atoms with Gasteiger partial charge < -0.3 is 24.9 Å². The van der Waals surface area contributed by atoms with Crippen molar-refractivity contribution in [2.45, 2.75) is 0 Å². The monoisotopic (exact) mass is 443 g/mol. The fraction of sp³-hybridized carbons (Fsp3) is 0.130. The Kier molecular flexibility index (Phi) is 5.33. The lowest BCUT2D eigenvalue weighted by Crippen LogP contribution is -2.26. The molecule has 3 aromatic heterocycles. The van der Waals surface area contributed by atoms with Crippen molar-refractivity contribution in [3.8, 4) is 17.0 Å². The Labute approximate surface area is 188 Å². The van der Waals surface area contributed by atoms with Crippen molar-refractivity contribution in [2.75, 3.05) is 25.6 Å². The molecule has 0 aliphatic rings. The van der Waals surface area contributed by atoms with Gasteiger partial charge in [-0.25, -0.2) is 9.97 Å². The second-order valence-electron chi connectivity index (χ2n) is 7.32. The third-order valence-corrected chi connectivity index (χ3v) is 5.22. The number of carbonyl (C=O) groups excluding carboxylic acids is 1. The highest BCUT2D eigenvalue weighted by molar-refractivity contribution is 5.97. The van der Waals surface area contributed by atoms with Crippen molar-refractivity contribution in [1.82, 2.24) is 29.9 Å². The lowest BCUT2D eigenvalue weighted by molar-refractivity contribution is 0.0942. The number of amides is 1. The zero-order valence-electron chi connectivity index (χ0n) is 17.7. The lowest BCUT2D eigenvalue weighted by Gasteiger charge is -2.13. The van der Waals surface area contributed by atoms with Crippen LogP contribution in [-0.2, 0) is 0 Å². The molecule has 1 amide bonds. The van der Waals surface area contributed by atoms with Gasteiger partial charge in [-0.2, -0.15) is 5.10 Å². The molecule has 0 spiro atoms. The molecule has 0 aliphatic carbocycles. The summed E-state index contributed by atoms with van der Waals surface area (Å²) < 4.78 is 7.31. The van der Waals surface area contributed by atoms with Crippen LogP contribution in [-0.4, -0.2) is 55.8 Å². The van der Waals surface area contributed by atoms with Crippen LogP contribution in [0.3, 0.4) is 0 Å². The first-order valence-electron chi connectivity index (χ1n) is 10.3. The zero-order valence-corrected chi connectivity index (χ0v) is 17.7. The van der Waals surface area contributed by atoms with E-state index in [-0.39, 0.29) is 19.1 Å². The van der Waals surface area contributed by atoms with E-state index in [0.29, 0.717) is 28.5 Å². The fourth-order valence-electron chi connectivity index (χ4n) is 3.61. The highest BCUT2D eigenvalue weighted by atomic mass is 16.5. The molecule has 0 aliphatic heterocycles. The number of carbonyl (C=O) groups is 1. The number of methoxy groups -OCH3 is 1. The Balaban J connectivity index is 1.51. The van der Waals surface area contributed by atoms with Crippen LogP contribution < -0.4 is 15.4 Å². The Morgan fingerprint density at radius 2 is 2.15 bits per heavy atom. The van der Waals surface area contributed by atoms with Gasteiger partial charge in [-0.1, -0.05) is 12.1 Å². The van der Waals surface area contributed by atoms with Crippen LogP contribution in [0, 0.1) is 0 Å². The number of fused-ring (bicyclic) bond motifs is 2. The molecule has 0 saturated carbocycles. The first-order valence-corrected chi connectivity index (χ1v) is 10.3. The summed E-state index contributed by atoms with van der Waals surface area (Å²) in [6.45, 7) is 0.0320. The fourth-order valence-corrected chi connectivity index (χ4v) is 3.61. The van der Waals surface area contributed by atoms with E-state index < -0.39 is 0 Å². The number of hydrogen-bond donors (Lipinski definition) is 4. The van der Waals surface area contributed by atoms with Crippen LogP contribution in [0.15, 0.2) is 61.2 Å². The minimum Gasteiger partial charge on any atom is -0.496 e. The first kappa shape index (κ1) is 20.5. The van der Waals surface area contributed by atoms with Crippen LogP contribution >= 0.6 is 0 Å². The molecule has 5 aromatic rings. The second kappa shape index (κ2) is 8.60. The van der Waals surface area contributed by atoms with Gasteiger partial charge in [0.2, 0.25) is 0 Å². The van der Waals surface area contributed by atoms with Crippen LogP contribution in [0.1, 0.15) is 10.4 Å². The minimum atomic E-state index is -0.322. The topological polar surface area (TPSA) is 129 Å². The lowest BCUT2D eigenvalue weighted by atomic mass is 10.1. The number of aromatic nitrogens is 5. The molecule has 0 saturated heterocycles. The van der Waals surface area contributed by atoms with Crippen molar-refractivity contribution >= 4 is 34.0 Å². The Morgan fingerprint density at radius 3 is 3.00 bits per heavy atom. The summed E-state index contributed by atoms with van der Waals surface area (Å²) >= 11 is 0. The van der Waals surface area contributed by atoms with E-state index in [0.717, 1.165) is 22.2 Å². The number of nitrogens with one attached hydrogen (secondary N) is 3. The number of benzene rings is 2. The Hall–Kier alpha value is -4.44. The summed E-state index contributed by atoms with van der Waals surface area (Å²) in [4.78, 5) is 21.5. The number of rotatable bonds is 7. The Bertz CT molecular complexity index is 1460. The standard InChI is InChI=1S/C23H21N7O3/c1-33-20-11-16(4-5-17(20)23(32)25-7-9-31)27-21-22-24-6-8-30(22)13-19(28-21)14-2-3-15-12-26-29-18(15)10-14/h2-6,8,10-13,31H,7,9H2,1H3,(H,25,32)(H,26,29)(H,27,28). The smallest absolute Gasteiger partial charge is 0.255 e. The van der Waals surface area contributed by atoms with Crippen LogP contribution in [0.5, 0.6) is 5.75 Å². The predicted octanol–water partition coefficient (Wildman–Crippen LogP) is 2.75. The molecular formula is C23H21N7O3. The summed E-state index contributed by atoms with van der Waals surface area (Å²) in [7, 11) is 1.50. The quantitative estimate of drug-likeness (QED) is 0.304. The molecule has 10 heteroatoms. The number of aliphatic hydroxyl groups excluding tert-OH is 1. The number of ether oxygens (including phenoxy) is 1. The van der Waals surface area contributed by atoms with Crippen molar-refractivity contribution in [1.29, 1.82) is 0 Å². The van der Waals surface area contributed by atoms with Crippen LogP contribution in [0.4, 0.5) is 11.5 Å². The van der Waals surface area contributed by atoms with E-state index in [9.17, 15) is 4.79 Å². The van der Waals surface area contributed by atoms with Gasteiger partial charge in [0.1, 0.15) is 5.75 Å². The van der Waals surface area contributed by atoms with E-state index in [1.54, 1.807) is 30.6 Å². The molecule has 0 radical (unpaired) electrons. The van der Waals surface area contributed by atoms with Crippen molar-refractivity contribution in [3.63, 3.8) is 0 Å². The van der Waals surface area contributed by atoms with Gasteiger partial charge in [-0.3, -0.25) is 9.89 Å². The number of hydrogen-bond acceptors (Lipinski definition) is 7. The number of H-pyrrole nitrogens is 1. The summed E-state index contributed by atoms with van der Waals surface area (Å²) in [6.07, 6.45) is 7.26. The van der Waals surface area contributed by atoms with E-state index >= 15 is 0 Å². The van der Waals surface area contributed by atoms with Gasteiger partial charge in [0.25, 0.3) is 5.91 Å². The molecule has 166 valence electrons. The molecule has 2 aromatic carbocycles. The summed E-state index contributed by atoms with van der Waals surface area (Å²) in [5.41, 5.74) is 4.32. The molecule has 10 nitrogen and oxygen atoms in total. The number of imidazole rings is 1. The first-order chi connectivity index (χ1) is 16.2. The van der Waals surface area contributed by atoms with Crippen LogP contribution in [0.2, 0.25) is 0 Å². The molecule has 4 N–H and O–H groups in total. The highest BCUT2D eigenvalue weighted by Gasteiger charge is 2.15. The second-order valence-corrected chi connectivity index (χ2v) is 7.32. The van der Waals surface area contributed by atoms with E-state index in [1.807, 2.05) is 35.0 Å². The van der Waals surface area contributed by atoms with Crippen molar-refractivity contribution in [3.05, 3.63) is 66.7 Å². The largest absolute Gasteiger partial charge is 0.496 e. The van der Waals surface area contributed by atoms with Crippen molar-refractivity contribution < 1.29 is 14.6 Å². The summed E-state index contributed by atoms with van der Waals surface area (Å²) in [6, 6.07) is 11.1. The van der Waals surface area contributed by atoms with E-state index in [4.69, 9.17) is 14.8 Å². The van der Waals surface area contributed by atoms with E-state index in [2.05, 4.69) is 25.8 Å². The molecule has 0 atom stereocenters. The third-order valence-electron chi connectivity index (χ3n) is 5.22. The maximum absolute atomic E-state index is 12.3. The van der Waals surface area contributed by atoms with Gasteiger partial charge in [0.15, 0.2) is 11.5 Å². The number of aliphatic hydroxyl groups is 1. The van der Waals surface area contributed by atoms with Gasteiger partial charge in [-0.05, 0) is 18.2 Å². The average molecular weight is 443 g/mol. The van der Waals surface area contributed by atoms with Crippen LogP contribution in [0.25, 0.3) is 27.8 Å². The normalized spacial score (nSPS) is 11.1. The molecule has 3 heterocycles. The zero-order chi connectivity index (χ0) is 22.8. The van der Waals surface area contributed by atoms with Gasteiger partial charge in [-0.15, -0.1) is 0 Å². The maximum Gasteiger partial charge on any atom is 0.255 e. The predicted molar refractivity (Wildman–Crippen MR) is 124 cm³/mol. The summed E-state index contributed by atoms with van der Waals surface area (Å²) in [5.74, 6) is 0.634. The molecule has 0 unspecified atom stereocenters. The van der Waals surface area contributed by atoms with Crippen molar-refractivity contribution in [2.24, 2.45) is 0 Å². The number of anilines is 2. The average Bonchev–Trinajstić information content (AvgIpc) is 3.51. The maximum atomic E-state index is 12.3. The van der Waals surface area contributed by atoms with Gasteiger partial charge >= 0.3 is 0 Å². The molecule has 0 fully saturated rings. The van der Waals surface area contributed by atoms with Gasteiger partial charge in [0.05, 0.1) is 36.7 Å². The number of nitrogens with zero attached hydrogens (tertiary/aromatic N) is 4. The third kappa shape index (κ3) is 3.94. The molecular weight excluding hydrogens is 422 g/mol. The molecule has 33 heavy (non-hydrogen) atoms. The Morgan fingerprint density at radius 1 is 1.24 bits per heavy atom. The highest BCUT2D eigenvalue weighted by Crippen LogP contribution is 2.29. The molecule has 5 rings (SSSR count). The molecule has 0 bridgehead atoms. The van der Waals surface area contributed by atoms with E-state index in [1.165, 1.54) is 7.11 Å².